The molecule has 0 saturated carbocycles. The Bertz CT molecular complexity index is 1020. The van der Waals surface area contributed by atoms with Crippen LogP contribution in [-0.2, 0) is 10.0 Å². The first-order chi connectivity index (χ1) is 11.8. The third kappa shape index (κ3) is 3.74. The van der Waals surface area contributed by atoms with Gasteiger partial charge in [-0.1, -0.05) is 17.7 Å². The van der Waals surface area contributed by atoms with Crippen molar-refractivity contribution in [2.75, 3.05) is 0 Å². The number of hydrogen-bond acceptors (Lipinski definition) is 5. The van der Waals surface area contributed by atoms with Crippen LogP contribution < -0.4 is 4.72 Å². The molecule has 2 heterocycles. The Morgan fingerprint density at radius 3 is 2.48 bits per heavy atom. The van der Waals surface area contributed by atoms with Crippen LogP contribution in [-0.4, -0.2) is 29.1 Å². The number of pyridine rings is 1. The van der Waals surface area contributed by atoms with Gasteiger partial charge in [0.2, 0.25) is 0 Å². The Kier molecular flexibility index (Phi) is 4.37. The van der Waals surface area contributed by atoms with Gasteiger partial charge in [-0.3, -0.25) is 4.79 Å². The number of benzene rings is 1. The van der Waals surface area contributed by atoms with Gasteiger partial charge >= 0.3 is 0 Å². The highest BCUT2D eigenvalue weighted by Crippen LogP contribution is 2.12. The number of carbonyl (C=O) groups is 1. The number of carbonyl (C=O) groups excluding carboxylic acids is 1. The average molecular weight is 356 g/mol. The van der Waals surface area contributed by atoms with Crippen LogP contribution in [0.1, 0.15) is 21.5 Å². The van der Waals surface area contributed by atoms with Crippen LogP contribution in [0, 0.1) is 13.8 Å². The summed E-state index contributed by atoms with van der Waals surface area (Å²) in [5, 5.41) is 4.06. The van der Waals surface area contributed by atoms with Gasteiger partial charge in [-0.2, -0.15) is 5.10 Å². The molecule has 1 amide bonds. The summed E-state index contributed by atoms with van der Waals surface area (Å²) >= 11 is 0. The fraction of sp³-hybridized carbons (Fsp3) is 0.118. The molecule has 8 heteroatoms. The second-order valence-corrected chi connectivity index (χ2v) is 7.30. The number of aromatic nitrogens is 3. The lowest BCUT2D eigenvalue weighted by Gasteiger charge is -2.06. The van der Waals surface area contributed by atoms with Crippen LogP contribution in [0.25, 0.3) is 5.82 Å². The zero-order chi connectivity index (χ0) is 18.0. The van der Waals surface area contributed by atoms with Crippen molar-refractivity contribution in [1.82, 2.24) is 19.5 Å². The molecule has 0 aliphatic carbocycles. The van der Waals surface area contributed by atoms with Gasteiger partial charge in [0, 0.05) is 12.4 Å². The highest BCUT2D eigenvalue weighted by Gasteiger charge is 2.20. The lowest BCUT2D eigenvalue weighted by Crippen LogP contribution is -2.30. The molecule has 2 aromatic heterocycles. The Labute approximate surface area is 145 Å². The summed E-state index contributed by atoms with van der Waals surface area (Å²) in [6.07, 6.45) is 4.36. The van der Waals surface area contributed by atoms with Crippen molar-refractivity contribution in [3.63, 3.8) is 0 Å². The van der Waals surface area contributed by atoms with Gasteiger partial charge in [-0.15, -0.1) is 0 Å². The van der Waals surface area contributed by atoms with Gasteiger partial charge in [0.15, 0.2) is 5.82 Å². The van der Waals surface area contributed by atoms with Crippen molar-refractivity contribution in [1.29, 1.82) is 0 Å². The third-order valence-corrected chi connectivity index (χ3v) is 4.89. The molecule has 7 nitrogen and oxygen atoms in total. The predicted molar refractivity (Wildman–Crippen MR) is 91.9 cm³/mol. The summed E-state index contributed by atoms with van der Waals surface area (Å²) in [5.41, 5.74) is 2.05. The maximum atomic E-state index is 12.3. The molecule has 3 rings (SSSR count). The quantitative estimate of drug-likeness (QED) is 0.772. The van der Waals surface area contributed by atoms with E-state index in [-0.39, 0.29) is 10.5 Å². The molecule has 0 bridgehead atoms. The summed E-state index contributed by atoms with van der Waals surface area (Å²) in [6, 6.07) is 9.88. The Morgan fingerprint density at radius 1 is 1.08 bits per heavy atom. The first-order valence-electron chi connectivity index (χ1n) is 7.47. The zero-order valence-corrected chi connectivity index (χ0v) is 14.5. The second kappa shape index (κ2) is 6.48. The van der Waals surface area contributed by atoms with Crippen LogP contribution in [0.5, 0.6) is 0 Å². The zero-order valence-electron chi connectivity index (χ0n) is 13.7. The first kappa shape index (κ1) is 16.8. The SMILES string of the molecule is Cc1ccc(S(=O)(=O)NC(=O)c2cnn(-c3cc(C)ccn3)c2)cc1. The molecule has 0 aliphatic rings. The van der Waals surface area contributed by atoms with Gasteiger partial charge < -0.3 is 0 Å². The molecule has 0 saturated heterocycles. The smallest absolute Gasteiger partial charge is 0.268 e. The molecule has 0 unspecified atom stereocenters. The highest BCUT2D eigenvalue weighted by atomic mass is 32.2. The number of aryl methyl sites for hydroxylation is 2. The molecule has 0 radical (unpaired) electrons. The minimum absolute atomic E-state index is 0.0270. The summed E-state index contributed by atoms with van der Waals surface area (Å²) in [5.74, 6) is -0.208. The Hall–Kier alpha value is -3.00. The van der Waals surface area contributed by atoms with Crippen molar-refractivity contribution in [3.05, 3.63) is 71.7 Å². The third-order valence-electron chi connectivity index (χ3n) is 3.54. The van der Waals surface area contributed by atoms with Crippen LogP contribution in [0.15, 0.2) is 59.9 Å². The number of nitrogens with zero attached hydrogens (tertiary/aromatic N) is 3. The van der Waals surface area contributed by atoms with Crippen molar-refractivity contribution in [3.8, 4) is 5.82 Å². The average Bonchev–Trinajstić information content (AvgIpc) is 3.05. The van der Waals surface area contributed by atoms with E-state index in [1.807, 2.05) is 24.6 Å². The normalized spacial score (nSPS) is 11.3. The van der Waals surface area contributed by atoms with Crippen molar-refractivity contribution in [2.24, 2.45) is 0 Å². The van der Waals surface area contributed by atoms with E-state index < -0.39 is 15.9 Å². The fourth-order valence-corrected chi connectivity index (χ4v) is 3.14. The van der Waals surface area contributed by atoms with Gasteiger partial charge in [0.25, 0.3) is 15.9 Å². The second-order valence-electron chi connectivity index (χ2n) is 5.61. The minimum Gasteiger partial charge on any atom is -0.268 e. The number of sulfonamides is 1. The van der Waals surface area contributed by atoms with E-state index in [9.17, 15) is 13.2 Å². The van der Waals surface area contributed by atoms with E-state index in [2.05, 4.69) is 10.1 Å². The molecule has 3 aromatic rings. The molecule has 0 atom stereocenters. The summed E-state index contributed by atoms with van der Waals surface area (Å²) in [6.45, 7) is 3.76. The number of nitrogens with one attached hydrogen (secondary N) is 1. The molecule has 0 fully saturated rings. The maximum Gasteiger partial charge on any atom is 0.268 e. The van der Waals surface area contributed by atoms with Gasteiger partial charge in [0.05, 0.1) is 16.7 Å². The fourth-order valence-electron chi connectivity index (χ4n) is 2.17. The van der Waals surface area contributed by atoms with E-state index in [0.717, 1.165) is 11.1 Å². The molecule has 128 valence electrons. The summed E-state index contributed by atoms with van der Waals surface area (Å²) in [4.78, 5) is 16.4. The molecule has 1 N–H and O–H groups in total. The Morgan fingerprint density at radius 2 is 1.80 bits per heavy atom. The first-order valence-corrected chi connectivity index (χ1v) is 8.95. The monoisotopic (exact) mass is 356 g/mol. The van der Waals surface area contributed by atoms with Crippen LogP contribution >= 0.6 is 0 Å². The van der Waals surface area contributed by atoms with E-state index in [1.165, 1.54) is 29.2 Å². The van der Waals surface area contributed by atoms with E-state index in [1.54, 1.807) is 24.4 Å². The van der Waals surface area contributed by atoms with Crippen LogP contribution in [0.2, 0.25) is 0 Å². The highest BCUT2D eigenvalue weighted by molar-refractivity contribution is 7.90. The topological polar surface area (TPSA) is 94.0 Å². The standard InChI is InChI=1S/C17H16N4O3S/c1-12-3-5-15(6-4-12)25(23,24)20-17(22)14-10-19-21(11-14)16-9-13(2)7-8-18-16/h3-11H,1-2H3,(H,20,22). The van der Waals surface area contributed by atoms with Gasteiger partial charge in [-0.05, 0) is 43.7 Å². The maximum absolute atomic E-state index is 12.3. The molecule has 0 spiro atoms. The minimum atomic E-state index is -3.94. The summed E-state index contributed by atoms with van der Waals surface area (Å²) in [7, 11) is -3.94. The number of amides is 1. The van der Waals surface area contributed by atoms with E-state index >= 15 is 0 Å². The van der Waals surface area contributed by atoms with Crippen molar-refractivity contribution >= 4 is 15.9 Å². The number of hydrogen-bond donors (Lipinski definition) is 1. The van der Waals surface area contributed by atoms with Crippen LogP contribution in [0.4, 0.5) is 0 Å². The van der Waals surface area contributed by atoms with E-state index in [0.29, 0.717) is 5.82 Å². The lowest BCUT2D eigenvalue weighted by atomic mass is 10.2. The molecule has 25 heavy (non-hydrogen) atoms. The lowest BCUT2D eigenvalue weighted by molar-refractivity contribution is 0.0981. The van der Waals surface area contributed by atoms with Crippen molar-refractivity contribution in [2.45, 2.75) is 18.7 Å². The van der Waals surface area contributed by atoms with E-state index in [4.69, 9.17) is 0 Å². The largest absolute Gasteiger partial charge is 0.268 e. The van der Waals surface area contributed by atoms with Gasteiger partial charge in [-0.25, -0.2) is 22.8 Å². The Balaban J connectivity index is 1.81. The van der Waals surface area contributed by atoms with Crippen molar-refractivity contribution < 1.29 is 13.2 Å². The summed E-state index contributed by atoms with van der Waals surface area (Å²) < 4.78 is 28.0. The number of rotatable bonds is 4. The predicted octanol–water partition coefficient (Wildman–Crippen LogP) is 2.00. The van der Waals surface area contributed by atoms with Gasteiger partial charge in [0.1, 0.15) is 0 Å². The molecular weight excluding hydrogens is 340 g/mol. The molecular formula is C17H16N4O3S. The molecule has 1 aromatic carbocycles. The molecule has 0 aliphatic heterocycles. The van der Waals surface area contributed by atoms with Crippen LogP contribution in [0.3, 0.4) is 0 Å².